The molecule has 3 rings (SSSR count). The van der Waals surface area contributed by atoms with Crippen LogP contribution < -0.4 is 4.74 Å². The van der Waals surface area contributed by atoms with Crippen LogP contribution in [-0.4, -0.2) is 12.1 Å². The van der Waals surface area contributed by atoms with E-state index in [1.54, 1.807) is 7.11 Å². The molecule has 0 bridgehead atoms. The van der Waals surface area contributed by atoms with Crippen LogP contribution in [-0.2, 0) is 0 Å². The first-order valence-electron chi connectivity index (χ1n) is 6.42. The first-order valence-corrected chi connectivity index (χ1v) is 6.42. The van der Waals surface area contributed by atoms with E-state index in [1.807, 2.05) is 6.07 Å². The fraction of sp³-hybridized carbons (Fsp3) is 0.176. The number of nitrogens with one attached hydrogen (secondary N) is 1. The first-order chi connectivity index (χ1) is 9.17. The zero-order chi connectivity index (χ0) is 13.4. The highest BCUT2D eigenvalue weighted by Gasteiger charge is 2.05. The molecule has 0 atom stereocenters. The molecule has 0 aliphatic heterocycles. The molecule has 1 N–H and O–H groups in total. The lowest BCUT2D eigenvalue weighted by atomic mass is 10.0. The number of aryl methyl sites for hydroxylation is 2. The third-order valence-electron chi connectivity index (χ3n) is 3.65. The summed E-state index contributed by atoms with van der Waals surface area (Å²) in [5, 5.41) is 1.17. The average Bonchev–Trinajstić information content (AvgIpc) is 2.84. The predicted molar refractivity (Wildman–Crippen MR) is 79.8 cm³/mol. The Morgan fingerprint density at radius 3 is 2.47 bits per heavy atom. The van der Waals surface area contributed by atoms with Gasteiger partial charge in [0.1, 0.15) is 5.75 Å². The van der Waals surface area contributed by atoms with Crippen LogP contribution in [0.3, 0.4) is 0 Å². The minimum absolute atomic E-state index is 0.887. The maximum absolute atomic E-state index is 5.26. The van der Waals surface area contributed by atoms with E-state index in [2.05, 4.69) is 55.2 Å². The van der Waals surface area contributed by atoms with Crippen LogP contribution in [0.4, 0.5) is 0 Å². The first kappa shape index (κ1) is 11.8. The highest BCUT2D eigenvalue weighted by Crippen LogP contribution is 2.27. The maximum atomic E-state index is 5.26. The number of aromatic amines is 1. The number of hydrogen-bond acceptors (Lipinski definition) is 1. The summed E-state index contributed by atoms with van der Waals surface area (Å²) in [6.45, 7) is 4.28. The predicted octanol–water partition coefficient (Wildman–Crippen LogP) is 4.46. The fourth-order valence-corrected chi connectivity index (χ4v) is 2.30. The van der Waals surface area contributed by atoms with Crippen molar-refractivity contribution >= 4 is 10.9 Å². The molecule has 96 valence electrons. The molecule has 2 aromatic carbocycles. The van der Waals surface area contributed by atoms with Crippen LogP contribution in [0.5, 0.6) is 5.75 Å². The van der Waals surface area contributed by atoms with Gasteiger partial charge in [-0.1, -0.05) is 12.1 Å². The third-order valence-corrected chi connectivity index (χ3v) is 3.65. The van der Waals surface area contributed by atoms with Gasteiger partial charge in [-0.3, -0.25) is 0 Å². The topological polar surface area (TPSA) is 25.0 Å². The van der Waals surface area contributed by atoms with Crippen molar-refractivity contribution in [1.29, 1.82) is 0 Å². The van der Waals surface area contributed by atoms with Gasteiger partial charge in [0.2, 0.25) is 0 Å². The second kappa shape index (κ2) is 4.47. The van der Waals surface area contributed by atoms with Crippen molar-refractivity contribution in [3.8, 4) is 17.0 Å². The molecular formula is C17H17NO. The molecule has 2 heteroatoms. The highest BCUT2D eigenvalue weighted by atomic mass is 16.5. The number of ether oxygens (including phenoxy) is 1. The van der Waals surface area contributed by atoms with Crippen molar-refractivity contribution < 1.29 is 4.74 Å². The third kappa shape index (κ3) is 2.10. The van der Waals surface area contributed by atoms with E-state index in [0.29, 0.717) is 0 Å². The molecule has 0 amide bonds. The molecule has 2 nitrogen and oxygen atoms in total. The van der Waals surface area contributed by atoms with Crippen LogP contribution in [0.25, 0.3) is 22.2 Å². The summed E-state index contributed by atoms with van der Waals surface area (Å²) >= 11 is 0. The zero-order valence-corrected chi connectivity index (χ0v) is 11.4. The van der Waals surface area contributed by atoms with Crippen molar-refractivity contribution in [3.63, 3.8) is 0 Å². The minimum Gasteiger partial charge on any atom is -0.497 e. The molecule has 3 aromatic rings. The van der Waals surface area contributed by atoms with Gasteiger partial charge in [0, 0.05) is 16.6 Å². The van der Waals surface area contributed by atoms with E-state index in [1.165, 1.54) is 22.1 Å². The molecule has 1 heterocycles. The zero-order valence-electron chi connectivity index (χ0n) is 11.4. The second-order valence-electron chi connectivity index (χ2n) is 4.94. The Kier molecular flexibility index (Phi) is 2.79. The number of H-pyrrole nitrogens is 1. The summed E-state index contributed by atoms with van der Waals surface area (Å²) < 4.78 is 5.26. The number of rotatable bonds is 2. The summed E-state index contributed by atoms with van der Waals surface area (Å²) in [4.78, 5) is 3.45. The number of methoxy groups -OCH3 is 1. The van der Waals surface area contributed by atoms with Crippen molar-refractivity contribution in [1.82, 2.24) is 4.98 Å². The van der Waals surface area contributed by atoms with Gasteiger partial charge < -0.3 is 9.72 Å². The van der Waals surface area contributed by atoms with Gasteiger partial charge in [0.25, 0.3) is 0 Å². The average molecular weight is 251 g/mol. The second-order valence-corrected chi connectivity index (χ2v) is 4.94. The van der Waals surface area contributed by atoms with Gasteiger partial charge in [0.05, 0.1) is 7.11 Å². The lowest BCUT2D eigenvalue weighted by molar-refractivity contribution is 0.415. The van der Waals surface area contributed by atoms with Crippen LogP contribution in [0, 0.1) is 13.8 Å². The summed E-state index contributed by atoms with van der Waals surface area (Å²) in [6.07, 6.45) is 0. The van der Waals surface area contributed by atoms with Gasteiger partial charge in [0.15, 0.2) is 0 Å². The normalized spacial score (nSPS) is 10.9. The number of fused-ring (bicyclic) bond motifs is 1. The minimum atomic E-state index is 0.887. The van der Waals surface area contributed by atoms with Crippen LogP contribution in [0.15, 0.2) is 42.5 Å². The van der Waals surface area contributed by atoms with Gasteiger partial charge >= 0.3 is 0 Å². The molecule has 0 radical (unpaired) electrons. The van der Waals surface area contributed by atoms with Crippen LogP contribution in [0.2, 0.25) is 0 Å². The molecule has 0 fully saturated rings. The molecule has 0 spiro atoms. The van der Waals surface area contributed by atoms with Gasteiger partial charge in [-0.15, -0.1) is 0 Å². The van der Waals surface area contributed by atoms with Crippen molar-refractivity contribution in [2.75, 3.05) is 7.11 Å². The van der Waals surface area contributed by atoms with E-state index in [9.17, 15) is 0 Å². The Hall–Kier alpha value is -2.22. The smallest absolute Gasteiger partial charge is 0.119 e. The van der Waals surface area contributed by atoms with Gasteiger partial charge in [-0.05, 0) is 60.9 Å². The van der Waals surface area contributed by atoms with Gasteiger partial charge in [-0.2, -0.15) is 0 Å². The quantitative estimate of drug-likeness (QED) is 0.714. The van der Waals surface area contributed by atoms with E-state index < -0.39 is 0 Å². The summed E-state index contributed by atoms with van der Waals surface area (Å²) in [7, 11) is 1.69. The van der Waals surface area contributed by atoms with Crippen molar-refractivity contribution in [2.24, 2.45) is 0 Å². The molecule has 0 aliphatic carbocycles. The monoisotopic (exact) mass is 251 g/mol. The Labute approximate surface area is 113 Å². The van der Waals surface area contributed by atoms with Crippen molar-refractivity contribution in [3.05, 3.63) is 53.6 Å². The molecule has 0 saturated carbocycles. The van der Waals surface area contributed by atoms with E-state index in [0.717, 1.165) is 17.0 Å². The Bertz CT molecular complexity index is 740. The molecule has 0 unspecified atom stereocenters. The molecule has 1 aromatic heterocycles. The van der Waals surface area contributed by atoms with Gasteiger partial charge in [-0.25, -0.2) is 0 Å². The van der Waals surface area contributed by atoms with E-state index in [-0.39, 0.29) is 0 Å². The molecule has 0 aliphatic rings. The Balaban J connectivity index is 2.11. The van der Waals surface area contributed by atoms with E-state index >= 15 is 0 Å². The maximum Gasteiger partial charge on any atom is 0.119 e. The number of aromatic nitrogens is 1. The standard InChI is InChI=1S/C17H17NO/c1-11-4-5-13(8-12(11)2)17-10-14-9-15(19-3)6-7-16(14)18-17/h4-10,18H,1-3H3. The van der Waals surface area contributed by atoms with E-state index in [4.69, 9.17) is 4.74 Å². The number of benzene rings is 2. The van der Waals surface area contributed by atoms with Crippen LogP contribution >= 0.6 is 0 Å². The fourth-order valence-electron chi connectivity index (χ4n) is 2.30. The Morgan fingerprint density at radius 2 is 1.74 bits per heavy atom. The van der Waals surface area contributed by atoms with Crippen LogP contribution in [0.1, 0.15) is 11.1 Å². The van der Waals surface area contributed by atoms with Crippen molar-refractivity contribution in [2.45, 2.75) is 13.8 Å². The lowest BCUT2D eigenvalue weighted by Crippen LogP contribution is -1.83. The summed E-state index contributed by atoms with van der Waals surface area (Å²) in [5.74, 6) is 0.887. The lowest BCUT2D eigenvalue weighted by Gasteiger charge is -2.03. The number of hydrogen-bond donors (Lipinski definition) is 1. The largest absolute Gasteiger partial charge is 0.497 e. The summed E-state index contributed by atoms with van der Waals surface area (Å²) in [5.41, 5.74) is 6.13. The Morgan fingerprint density at radius 1 is 0.895 bits per heavy atom. The molecular weight excluding hydrogens is 234 g/mol. The SMILES string of the molecule is COc1ccc2[nH]c(-c3ccc(C)c(C)c3)cc2c1. The highest BCUT2D eigenvalue weighted by molar-refractivity contribution is 5.87. The summed E-state index contributed by atoms with van der Waals surface area (Å²) in [6, 6.07) is 14.8. The molecule has 19 heavy (non-hydrogen) atoms. The molecule has 0 saturated heterocycles.